The second-order valence-corrected chi connectivity index (χ2v) is 6.03. The molecule has 0 unspecified atom stereocenters. The van der Waals surface area contributed by atoms with Crippen LogP contribution in [0.3, 0.4) is 0 Å². The first-order chi connectivity index (χ1) is 8.71. The average molecular weight is 282 g/mol. The van der Waals surface area contributed by atoms with E-state index in [1.807, 2.05) is 6.26 Å². The second kappa shape index (κ2) is 5.83. The molecule has 2 rings (SSSR count). The fraction of sp³-hybridized carbons (Fsp3) is 0.583. The molecule has 98 valence electrons. The van der Waals surface area contributed by atoms with Crippen LogP contribution in [0.5, 0.6) is 0 Å². The van der Waals surface area contributed by atoms with E-state index in [2.05, 4.69) is 22.8 Å². The van der Waals surface area contributed by atoms with E-state index >= 15 is 0 Å². The van der Waals surface area contributed by atoms with Crippen LogP contribution in [0.4, 0.5) is 10.7 Å². The highest BCUT2D eigenvalue weighted by Crippen LogP contribution is 2.43. The van der Waals surface area contributed by atoms with E-state index < -0.39 is 0 Å². The number of piperazine rings is 1. The maximum absolute atomic E-state index is 9.07. The quantitative estimate of drug-likeness (QED) is 0.860. The number of hydrogen-bond acceptors (Lipinski definition) is 6. The zero-order chi connectivity index (χ0) is 13.1. The number of likely N-dealkylation sites (N-methyl/N-ethyl adjacent to an activating group) is 1. The molecule has 1 saturated heterocycles. The summed E-state index contributed by atoms with van der Waals surface area (Å²) >= 11 is 3.16. The maximum atomic E-state index is 9.07. The molecule has 6 heteroatoms. The van der Waals surface area contributed by atoms with E-state index in [0.29, 0.717) is 10.6 Å². The average Bonchev–Trinajstić information content (AvgIpc) is 2.75. The van der Waals surface area contributed by atoms with Crippen LogP contribution in [0.2, 0.25) is 0 Å². The molecule has 1 aliphatic heterocycles. The topological polar surface area (TPSA) is 56.3 Å². The zero-order valence-electron chi connectivity index (χ0n) is 10.8. The van der Waals surface area contributed by atoms with E-state index in [0.717, 1.165) is 37.6 Å². The Morgan fingerprint density at radius 3 is 2.56 bits per heavy atom. The molecule has 4 nitrogen and oxygen atoms in total. The highest BCUT2D eigenvalue weighted by molar-refractivity contribution is 7.99. The van der Waals surface area contributed by atoms with Crippen LogP contribution < -0.4 is 10.6 Å². The van der Waals surface area contributed by atoms with Crippen molar-refractivity contribution in [3.05, 3.63) is 4.88 Å². The molecule has 0 spiro atoms. The first-order valence-corrected chi connectivity index (χ1v) is 8.09. The Morgan fingerprint density at radius 1 is 1.39 bits per heavy atom. The molecule has 1 aromatic heterocycles. The van der Waals surface area contributed by atoms with Crippen molar-refractivity contribution < 1.29 is 0 Å². The molecule has 0 aromatic carbocycles. The Kier molecular flexibility index (Phi) is 4.38. The van der Waals surface area contributed by atoms with E-state index in [1.54, 1.807) is 11.8 Å². The Balaban J connectivity index is 2.21. The van der Waals surface area contributed by atoms with Crippen molar-refractivity contribution in [2.45, 2.75) is 11.8 Å². The summed E-state index contributed by atoms with van der Waals surface area (Å²) in [5.41, 5.74) is 6.67. The third-order valence-electron chi connectivity index (χ3n) is 3.29. The first-order valence-electron chi connectivity index (χ1n) is 6.04. The van der Waals surface area contributed by atoms with Gasteiger partial charge >= 0.3 is 0 Å². The lowest BCUT2D eigenvalue weighted by atomic mass is 10.3. The number of nitrogen functional groups attached to an aromatic ring is 1. The minimum atomic E-state index is 0.646. The molecule has 1 aromatic rings. The van der Waals surface area contributed by atoms with Gasteiger partial charge in [-0.25, -0.2) is 0 Å². The monoisotopic (exact) mass is 282 g/mol. The van der Waals surface area contributed by atoms with Crippen molar-refractivity contribution in [2.24, 2.45) is 0 Å². The molecule has 18 heavy (non-hydrogen) atoms. The van der Waals surface area contributed by atoms with Crippen LogP contribution >= 0.6 is 23.1 Å². The number of thiophene rings is 1. The van der Waals surface area contributed by atoms with E-state index in [9.17, 15) is 0 Å². The summed E-state index contributed by atoms with van der Waals surface area (Å²) in [6, 6.07) is 2.19. The standard InChI is InChI=1S/C12H18N4S2/c1-3-15-4-6-16(7-5-15)12-11(17-2)10(14)9(8-13)18-12/h3-7,14H2,1-2H3. The van der Waals surface area contributed by atoms with Crippen molar-refractivity contribution in [1.82, 2.24) is 4.90 Å². The van der Waals surface area contributed by atoms with Gasteiger partial charge in [0.1, 0.15) is 15.9 Å². The predicted octanol–water partition coefficient (Wildman–Crippen LogP) is 2.07. The number of nitrogens with two attached hydrogens (primary N) is 1. The van der Waals surface area contributed by atoms with E-state index in [1.165, 1.54) is 16.3 Å². The van der Waals surface area contributed by atoms with Crippen LogP contribution in [0.1, 0.15) is 11.8 Å². The van der Waals surface area contributed by atoms with Crippen LogP contribution in [0.25, 0.3) is 0 Å². The van der Waals surface area contributed by atoms with Crippen molar-refractivity contribution in [3.8, 4) is 6.07 Å². The Hall–Kier alpha value is -0.900. The van der Waals surface area contributed by atoms with E-state index in [-0.39, 0.29) is 0 Å². The highest BCUT2D eigenvalue weighted by atomic mass is 32.2. The molecular formula is C12H18N4S2. The highest BCUT2D eigenvalue weighted by Gasteiger charge is 2.23. The third-order valence-corrected chi connectivity index (χ3v) is 5.42. The smallest absolute Gasteiger partial charge is 0.131 e. The van der Waals surface area contributed by atoms with E-state index in [4.69, 9.17) is 11.0 Å². The van der Waals surface area contributed by atoms with Gasteiger partial charge in [-0.2, -0.15) is 5.26 Å². The zero-order valence-corrected chi connectivity index (χ0v) is 12.4. The van der Waals surface area contributed by atoms with Gasteiger partial charge in [0.2, 0.25) is 0 Å². The molecule has 0 atom stereocenters. The number of nitriles is 1. The number of anilines is 2. The van der Waals surface area contributed by atoms with Gasteiger partial charge in [0.15, 0.2) is 0 Å². The minimum absolute atomic E-state index is 0.646. The molecular weight excluding hydrogens is 264 g/mol. The Labute approximate surface area is 116 Å². The summed E-state index contributed by atoms with van der Waals surface area (Å²) in [5, 5.41) is 10.2. The summed E-state index contributed by atoms with van der Waals surface area (Å²) < 4.78 is 0. The summed E-state index contributed by atoms with van der Waals surface area (Å²) in [4.78, 5) is 6.52. The molecule has 0 saturated carbocycles. The van der Waals surface area contributed by atoms with Gasteiger partial charge in [-0.1, -0.05) is 6.92 Å². The SMILES string of the molecule is CCN1CCN(c2sc(C#N)c(N)c2SC)CC1. The molecule has 0 bridgehead atoms. The van der Waals surface area contributed by atoms with Gasteiger partial charge in [-0.3, -0.25) is 0 Å². The van der Waals surface area contributed by atoms with Gasteiger partial charge in [-0.05, 0) is 12.8 Å². The summed E-state index contributed by atoms with van der Waals surface area (Å²) in [7, 11) is 0. The second-order valence-electron chi connectivity index (χ2n) is 4.22. The van der Waals surface area contributed by atoms with Gasteiger partial charge in [0.05, 0.1) is 10.6 Å². The van der Waals surface area contributed by atoms with Crippen LogP contribution in [0, 0.1) is 11.3 Å². The lowest BCUT2D eigenvalue weighted by Gasteiger charge is -2.35. The number of rotatable bonds is 3. The molecule has 0 radical (unpaired) electrons. The number of thioether (sulfide) groups is 1. The molecule has 2 heterocycles. The maximum Gasteiger partial charge on any atom is 0.131 e. The minimum Gasteiger partial charge on any atom is -0.396 e. The largest absolute Gasteiger partial charge is 0.396 e. The van der Waals surface area contributed by atoms with Crippen molar-refractivity contribution >= 4 is 33.8 Å². The van der Waals surface area contributed by atoms with Crippen LogP contribution in [0.15, 0.2) is 4.90 Å². The summed E-state index contributed by atoms with van der Waals surface area (Å²) in [6.45, 7) is 7.52. The van der Waals surface area contributed by atoms with Gasteiger partial charge < -0.3 is 15.5 Å². The first kappa shape index (κ1) is 13.5. The van der Waals surface area contributed by atoms with Gasteiger partial charge in [0.25, 0.3) is 0 Å². The Morgan fingerprint density at radius 2 is 2.06 bits per heavy atom. The molecule has 2 N–H and O–H groups in total. The molecule has 0 aliphatic carbocycles. The van der Waals surface area contributed by atoms with Crippen LogP contribution in [-0.2, 0) is 0 Å². The van der Waals surface area contributed by atoms with Crippen molar-refractivity contribution in [2.75, 3.05) is 49.6 Å². The summed E-state index contributed by atoms with van der Waals surface area (Å²) in [5.74, 6) is 0. The van der Waals surface area contributed by atoms with Gasteiger partial charge in [-0.15, -0.1) is 23.1 Å². The van der Waals surface area contributed by atoms with Crippen molar-refractivity contribution in [3.63, 3.8) is 0 Å². The molecule has 0 amide bonds. The number of hydrogen-bond donors (Lipinski definition) is 1. The number of nitrogens with zero attached hydrogens (tertiary/aromatic N) is 3. The van der Waals surface area contributed by atoms with Crippen LogP contribution in [-0.4, -0.2) is 43.9 Å². The third kappa shape index (κ3) is 2.44. The summed E-state index contributed by atoms with van der Waals surface area (Å²) in [6.07, 6.45) is 2.02. The van der Waals surface area contributed by atoms with Crippen molar-refractivity contribution in [1.29, 1.82) is 5.26 Å². The Bertz CT molecular complexity index is 455. The fourth-order valence-corrected chi connectivity index (χ4v) is 4.20. The normalized spacial score (nSPS) is 16.8. The molecule has 1 fully saturated rings. The van der Waals surface area contributed by atoms with Gasteiger partial charge in [0, 0.05) is 26.2 Å². The lowest BCUT2D eigenvalue weighted by molar-refractivity contribution is 0.271. The lowest BCUT2D eigenvalue weighted by Crippen LogP contribution is -2.46. The molecule has 1 aliphatic rings. The fourth-order valence-electron chi connectivity index (χ4n) is 2.17. The predicted molar refractivity (Wildman–Crippen MR) is 79.6 cm³/mol.